The van der Waals surface area contributed by atoms with E-state index >= 15 is 0 Å². The van der Waals surface area contributed by atoms with Crippen LogP contribution in [0.3, 0.4) is 0 Å². The first kappa shape index (κ1) is 28.9. The predicted molar refractivity (Wildman–Crippen MR) is 216 cm³/mol. The van der Waals surface area contributed by atoms with Crippen molar-refractivity contribution in [2.75, 3.05) is 0 Å². The molecular weight excluding hydrogens is 635 g/mol. The highest BCUT2D eigenvalue weighted by Gasteiger charge is 2.17. The Morgan fingerprint density at radius 1 is 0.481 bits per heavy atom. The third-order valence-electron chi connectivity index (χ3n) is 10.7. The molecule has 0 radical (unpaired) electrons. The Bertz CT molecular complexity index is 3250. The maximum Gasteiger partial charge on any atom is 0.144 e. The summed E-state index contributed by atoms with van der Waals surface area (Å²) in [7, 11) is 0. The highest BCUT2D eigenvalue weighted by atomic mass is 16.3. The number of para-hydroxylation sites is 2. The zero-order valence-electron chi connectivity index (χ0n) is 28.3. The quantitative estimate of drug-likeness (QED) is 0.177. The van der Waals surface area contributed by atoms with Crippen molar-refractivity contribution in [2.45, 2.75) is 6.92 Å². The monoisotopic (exact) mass is 663 g/mol. The highest BCUT2D eigenvalue weighted by Crippen LogP contribution is 2.41. The van der Waals surface area contributed by atoms with Crippen LogP contribution in [0.25, 0.3) is 110 Å². The Morgan fingerprint density at radius 3 is 2.17 bits per heavy atom. The lowest BCUT2D eigenvalue weighted by Gasteiger charge is -2.12. The van der Waals surface area contributed by atoms with Gasteiger partial charge in [-0.25, -0.2) is 4.98 Å². The van der Waals surface area contributed by atoms with Crippen LogP contribution in [0.15, 0.2) is 162 Å². The normalized spacial score (nSPS) is 11.9. The topological polar surface area (TPSA) is 51.8 Å². The van der Waals surface area contributed by atoms with Crippen LogP contribution in [-0.4, -0.2) is 15.0 Å². The van der Waals surface area contributed by atoms with Gasteiger partial charge in [-0.05, 0) is 77.0 Å². The van der Waals surface area contributed by atoms with Crippen molar-refractivity contribution in [1.29, 1.82) is 0 Å². The van der Waals surface area contributed by atoms with Gasteiger partial charge in [0.1, 0.15) is 11.2 Å². The van der Waals surface area contributed by atoms with Gasteiger partial charge in [0, 0.05) is 66.6 Å². The molecule has 4 heteroatoms. The molecule has 0 aliphatic heterocycles. The summed E-state index contributed by atoms with van der Waals surface area (Å²) >= 11 is 0. The number of furan rings is 1. The zero-order chi connectivity index (χ0) is 34.3. The maximum atomic E-state index is 6.52. The molecule has 0 amide bonds. The average Bonchev–Trinajstić information content (AvgIpc) is 3.59. The summed E-state index contributed by atoms with van der Waals surface area (Å²) in [6, 6.07) is 51.4. The van der Waals surface area contributed by atoms with E-state index in [1.807, 2.05) is 30.6 Å². The molecule has 242 valence electrons. The number of fused-ring (bicyclic) bond motifs is 11. The van der Waals surface area contributed by atoms with Crippen molar-refractivity contribution in [2.24, 2.45) is 0 Å². The minimum atomic E-state index is 0.894. The molecule has 11 rings (SSSR count). The van der Waals surface area contributed by atoms with Crippen molar-refractivity contribution in [3.63, 3.8) is 0 Å². The standard InChI is InChI=1S/C48H29N3O/c1-28-7-6-8-30-17-19-37-35(23-24-49-47(37)44(28)30)32-18-22-41-33(25-32)26-34(27-50-41)29-13-15-31(16-14-29)46-40-21-20-38-36-9-3-5-12-43(36)52-48(38)45(40)39-10-2-4-11-42(39)51-46/h2-27H,1H3. The maximum absolute atomic E-state index is 6.52. The lowest BCUT2D eigenvalue weighted by molar-refractivity contribution is 0.673. The molecule has 0 unspecified atom stereocenters. The smallest absolute Gasteiger partial charge is 0.144 e. The fraction of sp³-hybridized carbons (Fsp3) is 0.0208. The molecule has 7 aromatic carbocycles. The molecular formula is C48H29N3O. The van der Waals surface area contributed by atoms with Gasteiger partial charge in [0.25, 0.3) is 0 Å². The SMILES string of the molecule is Cc1cccc2ccc3c(-c4ccc5ncc(-c6ccc(-c7nc8ccccc8c8c7ccc7c9ccccc9oc78)cc6)cc5c4)ccnc3c12. The molecule has 0 fully saturated rings. The molecule has 0 aliphatic rings. The van der Waals surface area contributed by atoms with Gasteiger partial charge in [0.15, 0.2) is 0 Å². The summed E-state index contributed by atoms with van der Waals surface area (Å²) in [4.78, 5) is 14.9. The predicted octanol–water partition coefficient (Wildman–Crippen LogP) is 12.8. The van der Waals surface area contributed by atoms with Gasteiger partial charge < -0.3 is 4.42 Å². The van der Waals surface area contributed by atoms with E-state index in [9.17, 15) is 0 Å². The number of aryl methyl sites for hydroxylation is 1. The molecule has 0 saturated heterocycles. The molecule has 4 heterocycles. The Labute approximate surface area is 298 Å². The van der Waals surface area contributed by atoms with Crippen molar-refractivity contribution < 1.29 is 4.42 Å². The summed E-state index contributed by atoms with van der Waals surface area (Å²) in [5.74, 6) is 0. The summed E-state index contributed by atoms with van der Waals surface area (Å²) in [5, 5.41) is 10.2. The van der Waals surface area contributed by atoms with Gasteiger partial charge in [-0.15, -0.1) is 0 Å². The van der Waals surface area contributed by atoms with Crippen LogP contribution in [-0.2, 0) is 0 Å². The van der Waals surface area contributed by atoms with Crippen molar-refractivity contribution >= 4 is 76.2 Å². The van der Waals surface area contributed by atoms with Crippen molar-refractivity contribution in [1.82, 2.24) is 15.0 Å². The van der Waals surface area contributed by atoms with E-state index in [1.165, 1.54) is 21.9 Å². The van der Waals surface area contributed by atoms with E-state index in [2.05, 4.69) is 134 Å². The number of nitrogens with zero attached hydrogens (tertiary/aromatic N) is 3. The first-order valence-corrected chi connectivity index (χ1v) is 17.6. The van der Waals surface area contributed by atoms with Gasteiger partial charge in [0.2, 0.25) is 0 Å². The third-order valence-corrected chi connectivity index (χ3v) is 10.7. The second kappa shape index (κ2) is 11.0. The molecule has 0 bridgehead atoms. The van der Waals surface area contributed by atoms with Crippen molar-refractivity contribution in [3.8, 4) is 33.5 Å². The second-order valence-electron chi connectivity index (χ2n) is 13.6. The molecule has 0 aliphatic carbocycles. The lowest BCUT2D eigenvalue weighted by atomic mass is 9.95. The fourth-order valence-electron chi connectivity index (χ4n) is 8.13. The van der Waals surface area contributed by atoms with E-state index in [0.29, 0.717) is 0 Å². The second-order valence-corrected chi connectivity index (χ2v) is 13.6. The van der Waals surface area contributed by atoms with Gasteiger partial charge in [-0.3, -0.25) is 9.97 Å². The Balaban J connectivity index is 1.01. The number of rotatable bonds is 3. The first-order chi connectivity index (χ1) is 25.7. The van der Waals surface area contributed by atoms with Gasteiger partial charge in [-0.2, -0.15) is 0 Å². The van der Waals surface area contributed by atoms with Crippen LogP contribution in [0.1, 0.15) is 5.56 Å². The van der Waals surface area contributed by atoms with Gasteiger partial charge in [-0.1, -0.05) is 103 Å². The number of pyridine rings is 3. The molecule has 0 N–H and O–H groups in total. The van der Waals surface area contributed by atoms with E-state index in [1.54, 1.807) is 0 Å². The molecule has 0 atom stereocenters. The summed E-state index contributed by atoms with van der Waals surface area (Å²) in [6.07, 6.45) is 3.90. The van der Waals surface area contributed by atoms with E-state index in [-0.39, 0.29) is 0 Å². The molecule has 4 nitrogen and oxygen atoms in total. The van der Waals surface area contributed by atoms with Crippen molar-refractivity contribution in [3.05, 3.63) is 164 Å². The van der Waals surface area contributed by atoms with Crippen LogP contribution in [0.5, 0.6) is 0 Å². The molecule has 0 spiro atoms. The van der Waals surface area contributed by atoms with Gasteiger partial charge in [0.05, 0.1) is 22.2 Å². The number of hydrogen-bond acceptors (Lipinski definition) is 4. The van der Waals surface area contributed by atoms with E-state index < -0.39 is 0 Å². The molecule has 0 saturated carbocycles. The number of aromatic nitrogens is 3. The zero-order valence-corrected chi connectivity index (χ0v) is 28.3. The summed E-state index contributed by atoms with van der Waals surface area (Å²) in [5.41, 5.74) is 12.5. The minimum Gasteiger partial charge on any atom is -0.455 e. The first-order valence-electron chi connectivity index (χ1n) is 17.6. The Morgan fingerprint density at radius 2 is 1.25 bits per heavy atom. The molecule has 11 aromatic rings. The third kappa shape index (κ3) is 4.31. The van der Waals surface area contributed by atoms with E-state index in [4.69, 9.17) is 19.4 Å². The van der Waals surface area contributed by atoms with Crippen LogP contribution in [0.2, 0.25) is 0 Å². The molecule has 52 heavy (non-hydrogen) atoms. The van der Waals surface area contributed by atoms with Crippen LogP contribution in [0, 0.1) is 6.92 Å². The van der Waals surface area contributed by atoms with Crippen LogP contribution < -0.4 is 0 Å². The number of hydrogen-bond donors (Lipinski definition) is 0. The Kier molecular flexibility index (Phi) is 6.13. The number of benzene rings is 7. The summed E-state index contributed by atoms with van der Waals surface area (Å²) in [6.45, 7) is 2.16. The van der Waals surface area contributed by atoms with E-state index in [0.717, 1.165) is 93.4 Å². The highest BCUT2D eigenvalue weighted by molar-refractivity contribution is 6.24. The largest absolute Gasteiger partial charge is 0.455 e. The lowest BCUT2D eigenvalue weighted by Crippen LogP contribution is -1.91. The fourth-order valence-corrected chi connectivity index (χ4v) is 8.13. The molecule has 4 aromatic heterocycles. The van der Waals surface area contributed by atoms with Crippen LogP contribution in [0.4, 0.5) is 0 Å². The average molecular weight is 664 g/mol. The van der Waals surface area contributed by atoms with Gasteiger partial charge >= 0.3 is 0 Å². The Hall–Kier alpha value is -6.91. The summed E-state index contributed by atoms with van der Waals surface area (Å²) < 4.78 is 6.52. The minimum absolute atomic E-state index is 0.894. The van der Waals surface area contributed by atoms with Crippen LogP contribution >= 0.6 is 0 Å².